The van der Waals surface area contributed by atoms with Gasteiger partial charge in [0.1, 0.15) is 5.82 Å². The molecule has 24 heavy (non-hydrogen) atoms. The van der Waals surface area contributed by atoms with E-state index in [-0.39, 0.29) is 11.7 Å². The molecular formula is C16H19ClF3N3O. The van der Waals surface area contributed by atoms with Gasteiger partial charge in [0.25, 0.3) is 5.92 Å². The lowest BCUT2D eigenvalue weighted by molar-refractivity contribution is -0.135. The minimum Gasteiger partial charge on any atom is -0.339 e. The number of nitrogens with one attached hydrogen (secondary N) is 1. The van der Waals surface area contributed by atoms with Gasteiger partial charge in [-0.2, -0.15) is 0 Å². The largest absolute Gasteiger partial charge is 0.339 e. The number of amides is 1. The standard InChI is InChI=1S/C16H19ClF3N3O/c17-13-7-12(18)2-1-11(13)9-22-3-5-23(6-4-22)15(24)14-8-16(19,20)10-21-14/h1-2,7,14,21H,3-6,8-10H2. The monoisotopic (exact) mass is 361 g/mol. The first-order valence-electron chi connectivity index (χ1n) is 7.90. The van der Waals surface area contributed by atoms with Crippen LogP contribution < -0.4 is 5.32 Å². The molecule has 132 valence electrons. The number of alkyl halides is 2. The van der Waals surface area contributed by atoms with Crippen molar-refractivity contribution < 1.29 is 18.0 Å². The van der Waals surface area contributed by atoms with E-state index in [4.69, 9.17) is 11.6 Å². The second kappa shape index (κ2) is 6.90. The Morgan fingerprint density at radius 3 is 2.58 bits per heavy atom. The van der Waals surface area contributed by atoms with E-state index in [1.54, 1.807) is 11.0 Å². The molecule has 4 nitrogen and oxygen atoms in total. The molecule has 1 aromatic carbocycles. The van der Waals surface area contributed by atoms with Crippen molar-refractivity contribution in [3.8, 4) is 0 Å². The van der Waals surface area contributed by atoms with E-state index in [9.17, 15) is 18.0 Å². The fourth-order valence-electron chi connectivity index (χ4n) is 3.13. The number of carbonyl (C=O) groups excluding carboxylic acids is 1. The van der Waals surface area contributed by atoms with Gasteiger partial charge in [0.15, 0.2) is 0 Å². The lowest BCUT2D eigenvalue weighted by atomic mass is 10.1. The van der Waals surface area contributed by atoms with Crippen LogP contribution in [-0.2, 0) is 11.3 Å². The first kappa shape index (κ1) is 17.5. The maximum Gasteiger partial charge on any atom is 0.262 e. The molecule has 0 radical (unpaired) electrons. The highest BCUT2D eigenvalue weighted by Crippen LogP contribution is 2.26. The fraction of sp³-hybridized carbons (Fsp3) is 0.562. The van der Waals surface area contributed by atoms with Gasteiger partial charge in [-0.25, -0.2) is 13.2 Å². The average molecular weight is 362 g/mol. The van der Waals surface area contributed by atoms with Crippen molar-refractivity contribution in [2.45, 2.75) is 24.9 Å². The van der Waals surface area contributed by atoms with Gasteiger partial charge in [-0.05, 0) is 17.7 Å². The van der Waals surface area contributed by atoms with Crippen LogP contribution in [0.25, 0.3) is 0 Å². The Labute approximate surface area is 143 Å². The SMILES string of the molecule is O=C(C1CC(F)(F)CN1)N1CCN(Cc2ccc(F)cc2Cl)CC1. The molecular weight excluding hydrogens is 343 g/mol. The van der Waals surface area contributed by atoms with Crippen molar-refractivity contribution in [1.29, 1.82) is 0 Å². The highest BCUT2D eigenvalue weighted by Gasteiger charge is 2.43. The summed E-state index contributed by atoms with van der Waals surface area (Å²) >= 11 is 6.03. The van der Waals surface area contributed by atoms with Crippen LogP contribution in [0.1, 0.15) is 12.0 Å². The lowest BCUT2D eigenvalue weighted by Crippen LogP contribution is -2.52. The van der Waals surface area contributed by atoms with Gasteiger partial charge in [-0.15, -0.1) is 0 Å². The Morgan fingerprint density at radius 1 is 1.29 bits per heavy atom. The molecule has 2 fully saturated rings. The van der Waals surface area contributed by atoms with E-state index in [1.165, 1.54) is 12.1 Å². The number of halogens is 4. The lowest BCUT2D eigenvalue weighted by Gasteiger charge is -2.36. The topological polar surface area (TPSA) is 35.6 Å². The molecule has 1 N–H and O–H groups in total. The van der Waals surface area contributed by atoms with Crippen molar-refractivity contribution in [2.75, 3.05) is 32.7 Å². The summed E-state index contributed by atoms with van der Waals surface area (Å²) in [6.45, 7) is 2.36. The minimum absolute atomic E-state index is 0.258. The predicted molar refractivity (Wildman–Crippen MR) is 84.6 cm³/mol. The number of hydrogen-bond donors (Lipinski definition) is 1. The van der Waals surface area contributed by atoms with E-state index in [0.717, 1.165) is 5.56 Å². The average Bonchev–Trinajstić information content (AvgIpc) is 2.90. The molecule has 2 aliphatic rings. The number of hydrogen-bond acceptors (Lipinski definition) is 3. The molecule has 8 heteroatoms. The smallest absolute Gasteiger partial charge is 0.262 e. The maximum absolute atomic E-state index is 13.2. The van der Waals surface area contributed by atoms with Crippen LogP contribution in [0, 0.1) is 5.82 Å². The van der Waals surface area contributed by atoms with E-state index in [0.29, 0.717) is 37.7 Å². The van der Waals surface area contributed by atoms with Crippen molar-refractivity contribution in [2.24, 2.45) is 0 Å². The summed E-state index contributed by atoms with van der Waals surface area (Å²) in [4.78, 5) is 16.0. The molecule has 0 aromatic heterocycles. The normalized spacial score (nSPS) is 24.3. The molecule has 2 saturated heterocycles. The Hall–Kier alpha value is -1.31. The molecule has 0 spiro atoms. The fourth-order valence-corrected chi connectivity index (χ4v) is 3.35. The van der Waals surface area contributed by atoms with E-state index < -0.39 is 24.9 Å². The van der Waals surface area contributed by atoms with Crippen LogP contribution in [0.4, 0.5) is 13.2 Å². The van der Waals surface area contributed by atoms with Gasteiger partial charge < -0.3 is 4.90 Å². The third-order valence-corrected chi connectivity index (χ3v) is 4.85. The van der Waals surface area contributed by atoms with Crippen LogP contribution in [0.15, 0.2) is 18.2 Å². The van der Waals surface area contributed by atoms with Crippen LogP contribution >= 0.6 is 11.6 Å². The van der Waals surface area contributed by atoms with E-state index in [1.807, 2.05) is 0 Å². The summed E-state index contributed by atoms with van der Waals surface area (Å²) in [5.74, 6) is -3.44. The molecule has 0 bridgehead atoms. The first-order valence-corrected chi connectivity index (χ1v) is 8.28. The molecule has 1 atom stereocenters. The summed E-state index contributed by atoms with van der Waals surface area (Å²) in [5.41, 5.74) is 0.829. The Balaban J connectivity index is 1.51. The molecule has 1 aromatic rings. The molecule has 1 unspecified atom stereocenters. The van der Waals surface area contributed by atoms with Gasteiger partial charge >= 0.3 is 0 Å². The minimum atomic E-state index is -2.80. The zero-order chi connectivity index (χ0) is 17.3. The third kappa shape index (κ3) is 4.02. The second-order valence-corrected chi connectivity index (χ2v) is 6.74. The number of carbonyl (C=O) groups is 1. The van der Waals surface area contributed by atoms with Crippen molar-refractivity contribution in [3.63, 3.8) is 0 Å². The molecule has 0 aliphatic carbocycles. The van der Waals surface area contributed by atoms with Gasteiger partial charge in [0.2, 0.25) is 5.91 Å². The molecule has 3 rings (SSSR count). The number of nitrogens with zero attached hydrogens (tertiary/aromatic N) is 2. The van der Waals surface area contributed by atoms with Crippen LogP contribution in [-0.4, -0.2) is 60.4 Å². The zero-order valence-electron chi connectivity index (χ0n) is 13.1. The second-order valence-electron chi connectivity index (χ2n) is 6.33. The quantitative estimate of drug-likeness (QED) is 0.895. The Morgan fingerprint density at radius 2 is 2.00 bits per heavy atom. The summed E-state index contributed by atoms with van der Waals surface area (Å²) in [5, 5.41) is 2.98. The molecule has 0 saturated carbocycles. The van der Waals surface area contributed by atoms with Crippen molar-refractivity contribution >= 4 is 17.5 Å². The highest BCUT2D eigenvalue weighted by molar-refractivity contribution is 6.31. The van der Waals surface area contributed by atoms with Crippen LogP contribution in [0.3, 0.4) is 0 Å². The van der Waals surface area contributed by atoms with E-state index >= 15 is 0 Å². The molecule has 2 heterocycles. The van der Waals surface area contributed by atoms with Gasteiger partial charge in [0.05, 0.1) is 12.6 Å². The van der Waals surface area contributed by atoms with Gasteiger partial charge in [0, 0.05) is 44.2 Å². The maximum atomic E-state index is 13.2. The van der Waals surface area contributed by atoms with Gasteiger partial charge in [-0.3, -0.25) is 15.0 Å². The number of rotatable bonds is 3. The van der Waals surface area contributed by atoms with Crippen molar-refractivity contribution in [3.05, 3.63) is 34.6 Å². The summed E-state index contributed by atoms with van der Waals surface area (Å²) < 4.78 is 39.5. The van der Waals surface area contributed by atoms with Crippen molar-refractivity contribution in [1.82, 2.24) is 15.1 Å². The van der Waals surface area contributed by atoms with Crippen LogP contribution in [0.5, 0.6) is 0 Å². The van der Waals surface area contributed by atoms with E-state index in [2.05, 4.69) is 10.2 Å². The summed E-state index contributed by atoms with van der Waals surface area (Å²) in [6.07, 6.45) is -0.433. The third-order valence-electron chi connectivity index (χ3n) is 4.50. The predicted octanol–water partition coefficient (Wildman–Crippen LogP) is 2.12. The Bertz CT molecular complexity index is 621. The summed E-state index contributed by atoms with van der Waals surface area (Å²) in [6, 6.07) is 3.51. The highest BCUT2D eigenvalue weighted by atomic mass is 35.5. The first-order chi connectivity index (χ1) is 11.3. The van der Waals surface area contributed by atoms with Crippen LogP contribution in [0.2, 0.25) is 5.02 Å². The molecule has 2 aliphatic heterocycles. The van der Waals surface area contributed by atoms with Gasteiger partial charge in [-0.1, -0.05) is 17.7 Å². The zero-order valence-corrected chi connectivity index (χ0v) is 13.8. The Kier molecular flexibility index (Phi) is 5.03. The molecule has 1 amide bonds. The number of piperazine rings is 1. The number of benzene rings is 1. The summed E-state index contributed by atoms with van der Waals surface area (Å²) in [7, 11) is 0.